The first-order valence-corrected chi connectivity index (χ1v) is 12.3. The number of fused-ring (bicyclic) bond motifs is 1. The summed E-state index contributed by atoms with van der Waals surface area (Å²) in [5.41, 5.74) is 1.28. The van der Waals surface area contributed by atoms with Crippen LogP contribution in [0.25, 0.3) is 0 Å². The molecule has 4 rings (SSSR count). The Morgan fingerprint density at radius 1 is 1.33 bits per heavy atom. The van der Waals surface area contributed by atoms with Crippen molar-refractivity contribution in [3.05, 3.63) is 45.1 Å². The predicted octanol–water partition coefficient (Wildman–Crippen LogP) is 1.73. The highest BCUT2D eigenvalue weighted by atomic mass is 35.5. The molecule has 174 valence electrons. The fourth-order valence-electron chi connectivity index (χ4n) is 3.31. The molecular formula is C18H17Cl2N7O4S2. The minimum absolute atomic E-state index is 0.0550. The lowest BCUT2D eigenvalue weighted by Crippen LogP contribution is -2.71. The van der Waals surface area contributed by atoms with Crippen molar-refractivity contribution in [1.82, 2.24) is 35.7 Å². The molecule has 1 fully saturated rings. The summed E-state index contributed by atoms with van der Waals surface area (Å²) in [5, 5.41) is 27.0. The molecule has 0 aliphatic carbocycles. The Hall–Kier alpha value is -2.48. The number of thioether (sulfide) groups is 2. The zero-order valence-electron chi connectivity index (χ0n) is 17.0. The summed E-state index contributed by atoms with van der Waals surface area (Å²) in [6.45, 7) is 0.184. The van der Waals surface area contributed by atoms with Crippen molar-refractivity contribution in [3.8, 4) is 0 Å². The van der Waals surface area contributed by atoms with E-state index in [0.29, 0.717) is 32.3 Å². The van der Waals surface area contributed by atoms with Gasteiger partial charge in [0.25, 0.3) is 5.91 Å². The number of urea groups is 1. The zero-order valence-corrected chi connectivity index (χ0v) is 20.1. The average molecular weight is 530 g/mol. The summed E-state index contributed by atoms with van der Waals surface area (Å²) in [6, 6.07) is 3.62. The molecule has 2 aliphatic rings. The van der Waals surface area contributed by atoms with Crippen molar-refractivity contribution < 1.29 is 19.5 Å². The number of β-lactam (4-membered cyclic amide) rings is 1. The van der Waals surface area contributed by atoms with E-state index in [1.54, 1.807) is 25.2 Å². The summed E-state index contributed by atoms with van der Waals surface area (Å²) in [6.07, 6.45) is 0. The SMILES string of the molecule is Cn1nnnc1SCC1=C(C(=O)O)N2C(=O)C(NC(=O)NCc3ccc(Cl)c(Cl)c3)[C@H]2SC1. The van der Waals surface area contributed by atoms with Crippen LogP contribution in [-0.2, 0) is 23.2 Å². The van der Waals surface area contributed by atoms with Gasteiger partial charge in [0.1, 0.15) is 17.1 Å². The van der Waals surface area contributed by atoms with Crippen LogP contribution in [0.3, 0.4) is 0 Å². The van der Waals surface area contributed by atoms with E-state index in [0.717, 1.165) is 5.56 Å². The van der Waals surface area contributed by atoms with Crippen LogP contribution in [0, 0.1) is 0 Å². The predicted molar refractivity (Wildman–Crippen MR) is 123 cm³/mol. The summed E-state index contributed by atoms with van der Waals surface area (Å²) in [4.78, 5) is 38.2. The fourth-order valence-corrected chi connectivity index (χ4v) is 5.97. The third-order valence-corrected chi connectivity index (χ3v) is 8.11. The van der Waals surface area contributed by atoms with Crippen molar-refractivity contribution in [2.75, 3.05) is 11.5 Å². The summed E-state index contributed by atoms with van der Waals surface area (Å²) in [5.74, 6) is -0.945. The molecule has 3 amide bonds. The van der Waals surface area contributed by atoms with Gasteiger partial charge in [-0.3, -0.25) is 9.69 Å². The highest BCUT2D eigenvalue weighted by Crippen LogP contribution is 2.41. The second kappa shape index (κ2) is 9.79. The molecule has 1 aromatic carbocycles. The molecule has 1 saturated heterocycles. The van der Waals surface area contributed by atoms with Crippen LogP contribution in [0.5, 0.6) is 0 Å². The molecule has 0 radical (unpaired) electrons. The number of amides is 3. The van der Waals surface area contributed by atoms with Gasteiger partial charge >= 0.3 is 12.0 Å². The number of carbonyl (C=O) groups excluding carboxylic acids is 2. The number of halogens is 2. The zero-order chi connectivity index (χ0) is 23.7. The van der Waals surface area contributed by atoms with Gasteiger partial charge in [0.2, 0.25) is 5.16 Å². The van der Waals surface area contributed by atoms with Gasteiger partial charge in [0, 0.05) is 25.1 Å². The Kier molecular flexibility index (Phi) is 7.02. The average Bonchev–Trinajstić information content (AvgIpc) is 3.20. The number of carboxylic acids is 1. The van der Waals surface area contributed by atoms with E-state index in [2.05, 4.69) is 26.2 Å². The first-order chi connectivity index (χ1) is 15.8. The molecule has 3 N–H and O–H groups in total. The van der Waals surface area contributed by atoms with Gasteiger partial charge in [-0.05, 0) is 33.7 Å². The molecule has 3 heterocycles. The molecule has 1 unspecified atom stereocenters. The maximum Gasteiger partial charge on any atom is 0.352 e. The largest absolute Gasteiger partial charge is 0.477 e. The van der Waals surface area contributed by atoms with Crippen LogP contribution in [0.2, 0.25) is 10.0 Å². The van der Waals surface area contributed by atoms with Gasteiger partial charge in [-0.15, -0.1) is 16.9 Å². The number of nitrogens with one attached hydrogen (secondary N) is 2. The number of carbonyl (C=O) groups is 3. The number of aliphatic carboxylic acids is 1. The number of carboxylic acid groups (broad SMARTS) is 1. The lowest BCUT2D eigenvalue weighted by Gasteiger charge is -2.49. The van der Waals surface area contributed by atoms with Crippen molar-refractivity contribution in [1.29, 1.82) is 0 Å². The number of aromatic nitrogens is 4. The molecule has 0 bridgehead atoms. The van der Waals surface area contributed by atoms with E-state index in [-0.39, 0.29) is 12.2 Å². The maximum absolute atomic E-state index is 12.7. The Bertz CT molecular complexity index is 1160. The first-order valence-electron chi connectivity index (χ1n) is 9.49. The van der Waals surface area contributed by atoms with Crippen LogP contribution in [0.4, 0.5) is 4.79 Å². The van der Waals surface area contributed by atoms with E-state index in [9.17, 15) is 19.5 Å². The van der Waals surface area contributed by atoms with Gasteiger partial charge in [-0.2, -0.15) is 0 Å². The van der Waals surface area contributed by atoms with Crippen molar-refractivity contribution in [3.63, 3.8) is 0 Å². The van der Waals surface area contributed by atoms with Crippen molar-refractivity contribution in [2.45, 2.75) is 23.1 Å². The third kappa shape index (κ3) is 4.90. The highest BCUT2D eigenvalue weighted by Gasteiger charge is 2.54. The molecule has 2 aromatic rings. The number of tetrazole rings is 1. The second-order valence-electron chi connectivity index (χ2n) is 7.09. The molecule has 33 heavy (non-hydrogen) atoms. The van der Waals surface area contributed by atoms with Gasteiger partial charge in [-0.25, -0.2) is 14.3 Å². The Balaban J connectivity index is 1.38. The number of benzene rings is 1. The smallest absolute Gasteiger partial charge is 0.352 e. The molecule has 2 atom stereocenters. The third-order valence-electron chi connectivity index (χ3n) is 4.93. The molecule has 0 spiro atoms. The number of aryl methyl sites for hydroxylation is 1. The summed E-state index contributed by atoms with van der Waals surface area (Å²) < 4.78 is 1.48. The topological polar surface area (TPSA) is 142 Å². The Labute approximate surface area is 206 Å². The van der Waals surface area contributed by atoms with Crippen LogP contribution in [-0.4, -0.2) is 71.0 Å². The lowest BCUT2D eigenvalue weighted by molar-refractivity contribution is -0.148. The molecule has 0 saturated carbocycles. The molecule has 2 aliphatic heterocycles. The molecule has 15 heteroatoms. The fraction of sp³-hybridized carbons (Fsp3) is 0.333. The van der Waals surface area contributed by atoms with Crippen LogP contribution in [0.1, 0.15) is 5.56 Å². The van der Waals surface area contributed by atoms with Gasteiger partial charge in [0.05, 0.1) is 10.0 Å². The minimum Gasteiger partial charge on any atom is -0.477 e. The minimum atomic E-state index is -1.19. The lowest BCUT2D eigenvalue weighted by atomic mass is 10.0. The van der Waals surface area contributed by atoms with Gasteiger partial charge in [-0.1, -0.05) is 41.0 Å². The number of hydrogen-bond donors (Lipinski definition) is 3. The Morgan fingerprint density at radius 3 is 2.79 bits per heavy atom. The van der Waals surface area contributed by atoms with E-state index in [1.807, 2.05) is 0 Å². The van der Waals surface area contributed by atoms with Crippen molar-refractivity contribution in [2.24, 2.45) is 7.05 Å². The summed E-state index contributed by atoms with van der Waals surface area (Å²) >= 11 is 14.5. The van der Waals surface area contributed by atoms with Crippen LogP contribution < -0.4 is 10.6 Å². The maximum atomic E-state index is 12.7. The number of hydrogen-bond acceptors (Lipinski definition) is 8. The van der Waals surface area contributed by atoms with Gasteiger partial charge in [0.15, 0.2) is 0 Å². The van der Waals surface area contributed by atoms with E-state index in [4.69, 9.17) is 23.2 Å². The molecular weight excluding hydrogens is 513 g/mol. The first kappa shape index (κ1) is 23.7. The highest BCUT2D eigenvalue weighted by molar-refractivity contribution is 8.01. The summed E-state index contributed by atoms with van der Waals surface area (Å²) in [7, 11) is 1.68. The number of nitrogens with zero attached hydrogens (tertiary/aromatic N) is 5. The molecule has 1 aromatic heterocycles. The molecule has 11 nitrogen and oxygen atoms in total. The number of rotatable bonds is 7. The standard InChI is InChI=1S/C18H17Cl2N7O4S2/c1-26-18(23-24-25-26)33-7-9-6-32-15-12(14(28)27(15)13(9)16(29)30)22-17(31)21-5-8-2-3-10(19)11(20)4-8/h2-4,12,15H,5-7H2,1H3,(H,29,30)(H2,21,22,31)/t12?,15-/m1/s1. The van der Waals surface area contributed by atoms with Crippen molar-refractivity contribution >= 4 is 64.6 Å². The van der Waals surface area contributed by atoms with Crippen LogP contribution in [0.15, 0.2) is 34.6 Å². The second-order valence-corrected chi connectivity index (χ2v) is 9.96. The Morgan fingerprint density at radius 2 is 2.12 bits per heavy atom. The normalized spacial score (nSPS) is 19.7. The quantitative estimate of drug-likeness (QED) is 0.360. The van der Waals surface area contributed by atoms with E-state index in [1.165, 1.54) is 33.1 Å². The van der Waals surface area contributed by atoms with Crippen LogP contribution >= 0.6 is 46.7 Å². The van der Waals surface area contributed by atoms with E-state index < -0.39 is 29.3 Å². The van der Waals surface area contributed by atoms with E-state index >= 15 is 0 Å². The van der Waals surface area contributed by atoms with Gasteiger partial charge < -0.3 is 15.7 Å². The monoisotopic (exact) mass is 529 g/mol.